The van der Waals surface area contributed by atoms with Gasteiger partial charge in [-0.05, 0) is 25.0 Å². The molecule has 23 heavy (non-hydrogen) atoms. The molecule has 0 N–H and O–H groups in total. The van der Waals surface area contributed by atoms with Gasteiger partial charge in [0, 0.05) is 18.8 Å². The van der Waals surface area contributed by atoms with Gasteiger partial charge in [-0.25, -0.2) is 0 Å². The number of aromatic nitrogens is 3. The molecule has 0 bridgehead atoms. The molecule has 2 aromatic heterocycles. The highest BCUT2D eigenvalue weighted by Gasteiger charge is 2.34. The molecule has 0 unspecified atom stereocenters. The normalized spacial score (nSPS) is 16.1. The number of alkyl halides is 3. The minimum atomic E-state index is -4.28. The lowest BCUT2D eigenvalue weighted by atomic mass is 10.1. The number of hydrogen-bond donors (Lipinski definition) is 0. The molecule has 8 heteroatoms. The second kappa shape index (κ2) is 6.17. The highest BCUT2D eigenvalue weighted by atomic mass is 19.4. The standard InChI is InChI=1S/C15H17F3N4O/c16-15(17,18)7-9-21(11-4-1-2-5-11)14(23)12-10-20-22-13(12)6-3-8-19-22/h3,6,8,10-11H,1-2,4-5,7,9H2. The first-order chi connectivity index (χ1) is 11.0. The Morgan fingerprint density at radius 1 is 1.30 bits per heavy atom. The molecular formula is C15H17F3N4O. The highest BCUT2D eigenvalue weighted by molar-refractivity contribution is 6.00. The smallest absolute Gasteiger partial charge is 0.335 e. The van der Waals surface area contributed by atoms with Gasteiger partial charge < -0.3 is 4.90 Å². The maximum atomic E-state index is 12.8. The van der Waals surface area contributed by atoms with Crippen LogP contribution in [0.15, 0.2) is 24.5 Å². The van der Waals surface area contributed by atoms with E-state index >= 15 is 0 Å². The van der Waals surface area contributed by atoms with E-state index < -0.39 is 18.5 Å². The summed E-state index contributed by atoms with van der Waals surface area (Å²) in [4.78, 5) is 14.2. The third-order valence-corrected chi connectivity index (χ3v) is 4.20. The van der Waals surface area contributed by atoms with E-state index in [4.69, 9.17) is 0 Å². The average Bonchev–Trinajstić information content (AvgIpc) is 3.15. The van der Waals surface area contributed by atoms with Crippen molar-refractivity contribution in [1.82, 2.24) is 19.7 Å². The van der Waals surface area contributed by atoms with Crippen molar-refractivity contribution in [3.63, 3.8) is 0 Å². The summed E-state index contributed by atoms with van der Waals surface area (Å²) in [6.45, 7) is -0.315. The Morgan fingerprint density at radius 2 is 2.04 bits per heavy atom. The van der Waals surface area contributed by atoms with Crippen LogP contribution >= 0.6 is 0 Å². The molecule has 3 rings (SSSR count). The molecule has 0 saturated heterocycles. The fourth-order valence-corrected chi connectivity index (χ4v) is 3.07. The third kappa shape index (κ3) is 3.46. The lowest BCUT2D eigenvalue weighted by Gasteiger charge is -2.29. The first-order valence-corrected chi connectivity index (χ1v) is 7.62. The van der Waals surface area contributed by atoms with Crippen molar-refractivity contribution in [1.29, 1.82) is 0 Å². The molecule has 1 saturated carbocycles. The predicted octanol–water partition coefficient (Wildman–Crippen LogP) is 3.07. The zero-order valence-corrected chi connectivity index (χ0v) is 12.5. The number of amides is 1. The number of nitrogens with zero attached hydrogens (tertiary/aromatic N) is 4. The number of hydrogen-bond acceptors (Lipinski definition) is 3. The summed E-state index contributed by atoms with van der Waals surface area (Å²) in [5.74, 6) is -0.399. The fourth-order valence-electron chi connectivity index (χ4n) is 3.07. The quantitative estimate of drug-likeness (QED) is 0.868. The predicted molar refractivity (Wildman–Crippen MR) is 77.0 cm³/mol. The molecule has 0 spiro atoms. The lowest BCUT2D eigenvalue weighted by molar-refractivity contribution is -0.137. The van der Waals surface area contributed by atoms with Crippen molar-refractivity contribution < 1.29 is 18.0 Å². The highest BCUT2D eigenvalue weighted by Crippen LogP contribution is 2.28. The molecule has 1 amide bonds. The van der Waals surface area contributed by atoms with Crippen LogP contribution in [-0.4, -0.2) is 44.4 Å². The molecule has 1 aliphatic rings. The second-order valence-electron chi connectivity index (χ2n) is 5.76. The lowest BCUT2D eigenvalue weighted by Crippen LogP contribution is -2.41. The largest absolute Gasteiger partial charge is 0.390 e. The van der Waals surface area contributed by atoms with Crippen LogP contribution < -0.4 is 0 Å². The van der Waals surface area contributed by atoms with Gasteiger partial charge in [-0.1, -0.05) is 12.8 Å². The van der Waals surface area contributed by atoms with E-state index in [1.165, 1.54) is 21.9 Å². The fraction of sp³-hybridized carbons (Fsp3) is 0.533. The first kappa shape index (κ1) is 15.8. The molecule has 0 atom stereocenters. The van der Waals surface area contributed by atoms with Crippen LogP contribution in [-0.2, 0) is 0 Å². The molecule has 1 aliphatic carbocycles. The van der Waals surface area contributed by atoms with Crippen LogP contribution in [0.5, 0.6) is 0 Å². The van der Waals surface area contributed by atoms with E-state index in [-0.39, 0.29) is 12.6 Å². The van der Waals surface area contributed by atoms with Gasteiger partial charge in [-0.3, -0.25) is 4.79 Å². The molecule has 2 aromatic rings. The summed E-state index contributed by atoms with van der Waals surface area (Å²) >= 11 is 0. The van der Waals surface area contributed by atoms with Crippen molar-refractivity contribution in [2.75, 3.05) is 6.54 Å². The monoisotopic (exact) mass is 326 g/mol. The maximum absolute atomic E-state index is 12.8. The average molecular weight is 326 g/mol. The van der Waals surface area contributed by atoms with E-state index in [1.54, 1.807) is 12.1 Å². The SMILES string of the molecule is O=C(c1cnn2ncccc12)N(CCC(F)(F)F)C1CCCC1. The van der Waals surface area contributed by atoms with Crippen LogP contribution in [0.4, 0.5) is 13.2 Å². The molecule has 0 aromatic carbocycles. The Hall–Kier alpha value is -2.12. The summed E-state index contributed by atoms with van der Waals surface area (Å²) in [7, 11) is 0. The summed E-state index contributed by atoms with van der Waals surface area (Å²) < 4.78 is 39.1. The van der Waals surface area contributed by atoms with Crippen LogP contribution in [0, 0.1) is 0 Å². The van der Waals surface area contributed by atoms with Gasteiger partial charge in [0.1, 0.15) is 5.52 Å². The van der Waals surface area contributed by atoms with Crippen LogP contribution in [0.25, 0.3) is 5.52 Å². The Morgan fingerprint density at radius 3 is 2.74 bits per heavy atom. The van der Waals surface area contributed by atoms with Gasteiger partial charge in [-0.2, -0.15) is 28.0 Å². The van der Waals surface area contributed by atoms with Gasteiger partial charge in [0.2, 0.25) is 0 Å². The minimum absolute atomic E-state index is 0.128. The van der Waals surface area contributed by atoms with Gasteiger partial charge in [0.15, 0.2) is 0 Å². The van der Waals surface area contributed by atoms with Crippen molar-refractivity contribution >= 4 is 11.4 Å². The van der Waals surface area contributed by atoms with Gasteiger partial charge >= 0.3 is 6.18 Å². The zero-order valence-electron chi connectivity index (χ0n) is 12.5. The molecule has 1 fully saturated rings. The maximum Gasteiger partial charge on any atom is 0.390 e. The molecule has 124 valence electrons. The van der Waals surface area contributed by atoms with E-state index in [9.17, 15) is 18.0 Å². The Balaban J connectivity index is 1.87. The molecule has 5 nitrogen and oxygen atoms in total. The Labute approximate surface area is 131 Å². The van der Waals surface area contributed by atoms with E-state index in [2.05, 4.69) is 10.2 Å². The summed E-state index contributed by atoms with van der Waals surface area (Å²) in [5.41, 5.74) is 0.805. The first-order valence-electron chi connectivity index (χ1n) is 7.62. The zero-order chi connectivity index (χ0) is 16.4. The topological polar surface area (TPSA) is 50.5 Å². The van der Waals surface area contributed by atoms with E-state index in [0.717, 1.165) is 25.7 Å². The Bertz CT molecular complexity index is 691. The summed E-state index contributed by atoms with van der Waals surface area (Å²) in [6.07, 6.45) is 1.02. The third-order valence-electron chi connectivity index (χ3n) is 4.20. The van der Waals surface area contributed by atoms with Crippen LogP contribution in [0.3, 0.4) is 0 Å². The summed E-state index contributed by atoms with van der Waals surface area (Å²) in [6, 6.07) is 3.23. The Kier molecular flexibility index (Phi) is 4.23. The van der Waals surface area contributed by atoms with Gasteiger partial charge in [-0.15, -0.1) is 0 Å². The minimum Gasteiger partial charge on any atom is -0.335 e. The summed E-state index contributed by atoms with van der Waals surface area (Å²) in [5, 5.41) is 7.97. The molecule has 0 radical (unpaired) electrons. The molecule has 0 aliphatic heterocycles. The van der Waals surface area contributed by atoms with Crippen molar-refractivity contribution in [2.45, 2.75) is 44.3 Å². The number of halogens is 3. The number of fused-ring (bicyclic) bond motifs is 1. The van der Waals surface area contributed by atoms with Gasteiger partial charge in [0.05, 0.1) is 18.2 Å². The number of rotatable bonds is 4. The van der Waals surface area contributed by atoms with E-state index in [1.807, 2.05) is 0 Å². The second-order valence-corrected chi connectivity index (χ2v) is 5.76. The molecule has 2 heterocycles. The molecular weight excluding hydrogens is 309 g/mol. The van der Waals surface area contributed by atoms with E-state index in [0.29, 0.717) is 11.1 Å². The number of carbonyl (C=O) groups is 1. The van der Waals surface area contributed by atoms with Crippen molar-refractivity contribution in [3.8, 4) is 0 Å². The van der Waals surface area contributed by atoms with Crippen LogP contribution in [0.2, 0.25) is 0 Å². The van der Waals surface area contributed by atoms with Crippen molar-refractivity contribution in [2.24, 2.45) is 0 Å². The van der Waals surface area contributed by atoms with Gasteiger partial charge in [0.25, 0.3) is 5.91 Å². The van der Waals surface area contributed by atoms with Crippen molar-refractivity contribution in [3.05, 3.63) is 30.1 Å². The van der Waals surface area contributed by atoms with Crippen LogP contribution in [0.1, 0.15) is 42.5 Å². The number of carbonyl (C=O) groups excluding carboxylic acids is 1.